The lowest BCUT2D eigenvalue weighted by Crippen LogP contribution is -2.39. The van der Waals surface area contributed by atoms with E-state index >= 15 is 0 Å². The predicted molar refractivity (Wildman–Crippen MR) is 147 cm³/mol. The highest BCUT2D eigenvalue weighted by molar-refractivity contribution is 7.18. The number of carbonyl (C=O) groups is 1. The van der Waals surface area contributed by atoms with Crippen LogP contribution in [0.15, 0.2) is 36.5 Å². The van der Waals surface area contributed by atoms with Crippen molar-refractivity contribution in [3.63, 3.8) is 0 Å². The molecule has 4 aromatic rings. The van der Waals surface area contributed by atoms with Gasteiger partial charge in [-0.3, -0.25) is 4.79 Å². The smallest absolute Gasteiger partial charge is 0.225 e. The molecule has 0 saturated carbocycles. The topological polar surface area (TPSA) is 153 Å². The summed E-state index contributed by atoms with van der Waals surface area (Å²) < 4.78 is 1.82. The number of benzene rings is 1. The van der Waals surface area contributed by atoms with Crippen molar-refractivity contribution in [2.75, 3.05) is 34.4 Å². The molecule has 38 heavy (non-hydrogen) atoms. The number of nitrogen functional groups attached to an aromatic ring is 1. The van der Waals surface area contributed by atoms with Gasteiger partial charge in [0.05, 0.1) is 12.2 Å². The lowest BCUT2D eigenvalue weighted by molar-refractivity contribution is -0.116. The third kappa shape index (κ3) is 6.40. The van der Waals surface area contributed by atoms with E-state index in [1.807, 2.05) is 16.9 Å². The number of hydrogen-bond donors (Lipinski definition) is 3. The van der Waals surface area contributed by atoms with Crippen LogP contribution in [0.4, 0.5) is 21.9 Å². The van der Waals surface area contributed by atoms with Crippen molar-refractivity contribution >= 4 is 39.1 Å². The molecule has 198 valence electrons. The minimum absolute atomic E-state index is 0.138. The van der Waals surface area contributed by atoms with Gasteiger partial charge in [0.1, 0.15) is 0 Å². The third-order valence-electron chi connectivity index (χ3n) is 6.66. The second-order valence-corrected chi connectivity index (χ2v) is 10.5. The number of anilines is 4. The van der Waals surface area contributed by atoms with Crippen molar-refractivity contribution in [1.82, 2.24) is 35.4 Å². The van der Waals surface area contributed by atoms with Crippen LogP contribution in [0.25, 0.3) is 0 Å². The average molecular weight is 534 g/mol. The molecule has 3 aromatic heterocycles. The first kappa shape index (κ1) is 25.5. The average Bonchev–Trinajstić information content (AvgIpc) is 3.54. The van der Waals surface area contributed by atoms with Crippen molar-refractivity contribution in [3.8, 4) is 0 Å². The Bertz CT molecular complexity index is 1360. The molecule has 5 rings (SSSR count). The largest absolute Gasteiger partial charge is 0.374 e. The number of aryl methyl sites for hydroxylation is 3. The number of amides is 1. The van der Waals surface area contributed by atoms with Gasteiger partial charge in [-0.2, -0.15) is 0 Å². The van der Waals surface area contributed by atoms with Crippen LogP contribution >= 0.6 is 11.3 Å². The van der Waals surface area contributed by atoms with Crippen LogP contribution in [0.2, 0.25) is 0 Å². The van der Waals surface area contributed by atoms with Crippen LogP contribution in [0.3, 0.4) is 0 Å². The number of nitrogens with one attached hydrogen (secondary N) is 2. The van der Waals surface area contributed by atoms with Crippen LogP contribution < -0.4 is 21.3 Å². The Labute approximate surface area is 224 Å². The van der Waals surface area contributed by atoms with E-state index in [1.54, 1.807) is 6.07 Å². The van der Waals surface area contributed by atoms with Gasteiger partial charge < -0.3 is 21.3 Å². The monoisotopic (exact) mass is 533 g/mol. The number of carbonyl (C=O) groups excluding carboxylic acids is 1. The number of rotatable bonds is 9. The highest BCUT2D eigenvalue weighted by atomic mass is 32.1. The number of nitrogens with two attached hydrogens (primary N) is 1. The minimum atomic E-state index is -0.138. The molecule has 0 atom stereocenters. The summed E-state index contributed by atoms with van der Waals surface area (Å²) in [4.78, 5) is 14.7. The molecule has 13 heteroatoms. The van der Waals surface area contributed by atoms with Crippen LogP contribution in [0, 0.1) is 13.8 Å². The van der Waals surface area contributed by atoms with E-state index in [4.69, 9.17) is 5.73 Å². The molecule has 0 bridgehead atoms. The Kier molecular flexibility index (Phi) is 7.73. The second-order valence-electron chi connectivity index (χ2n) is 9.45. The summed E-state index contributed by atoms with van der Waals surface area (Å²) in [6.07, 6.45) is 4.56. The van der Waals surface area contributed by atoms with E-state index in [9.17, 15) is 4.79 Å². The number of aromatic nitrogens is 7. The molecule has 4 N–H and O–H groups in total. The lowest BCUT2D eigenvalue weighted by atomic mass is 10.0. The summed E-state index contributed by atoms with van der Waals surface area (Å²) in [5, 5.41) is 32.3. The maximum Gasteiger partial charge on any atom is 0.225 e. The maximum absolute atomic E-state index is 12.5. The van der Waals surface area contributed by atoms with Gasteiger partial charge in [-0.1, -0.05) is 34.7 Å². The van der Waals surface area contributed by atoms with Crippen molar-refractivity contribution in [2.24, 2.45) is 0 Å². The minimum Gasteiger partial charge on any atom is -0.374 e. The van der Waals surface area contributed by atoms with Gasteiger partial charge in [0.2, 0.25) is 16.2 Å². The first-order valence-corrected chi connectivity index (χ1v) is 13.4. The van der Waals surface area contributed by atoms with Gasteiger partial charge in [0.15, 0.2) is 11.6 Å². The third-order valence-corrected chi connectivity index (χ3v) is 7.35. The molecule has 1 fully saturated rings. The van der Waals surface area contributed by atoms with Crippen LogP contribution in [-0.2, 0) is 17.8 Å². The Hall–Kier alpha value is -4.13. The van der Waals surface area contributed by atoms with E-state index in [2.05, 4.69) is 78.3 Å². The Morgan fingerprint density at radius 2 is 1.84 bits per heavy atom. The van der Waals surface area contributed by atoms with E-state index in [0.29, 0.717) is 30.0 Å². The Morgan fingerprint density at radius 1 is 1.05 bits per heavy atom. The fraction of sp³-hybridized carbons (Fsp3) is 0.400. The molecule has 1 amide bonds. The molecule has 0 spiro atoms. The van der Waals surface area contributed by atoms with Gasteiger partial charge >= 0.3 is 0 Å². The van der Waals surface area contributed by atoms with Crippen molar-refractivity contribution < 1.29 is 4.79 Å². The first-order chi connectivity index (χ1) is 18.4. The first-order valence-electron chi connectivity index (χ1n) is 12.6. The van der Waals surface area contributed by atoms with Crippen LogP contribution in [0.1, 0.15) is 41.6 Å². The van der Waals surface area contributed by atoms with Gasteiger partial charge in [-0.05, 0) is 55.5 Å². The maximum atomic E-state index is 12.5. The van der Waals surface area contributed by atoms with E-state index in [-0.39, 0.29) is 12.3 Å². The summed E-state index contributed by atoms with van der Waals surface area (Å²) >= 11 is 1.36. The molecule has 4 heterocycles. The summed E-state index contributed by atoms with van der Waals surface area (Å²) in [6, 6.07) is 10.2. The molecule has 0 unspecified atom stereocenters. The molecule has 1 saturated heterocycles. The molecule has 12 nitrogen and oxygen atoms in total. The molecule has 0 radical (unpaired) electrons. The molecule has 0 aliphatic carbocycles. The Balaban J connectivity index is 1.06. The van der Waals surface area contributed by atoms with E-state index in [0.717, 1.165) is 42.6 Å². The summed E-state index contributed by atoms with van der Waals surface area (Å²) in [5.41, 5.74) is 10.1. The van der Waals surface area contributed by atoms with Crippen LogP contribution in [-0.4, -0.2) is 60.4 Å². The van der Waals surface area contributed by atoms with Crippen LogP contribution in [0.5, 0.6) is 0 Å². The van der Waals surface area contributed by atoms with E-state index in [1.165, 1.54) is 28.0 Å². The highest BCUT2D eigenvalue weighted by Crippen LogP contribution is 2.23. The SMILES string of the molecule is Cc1cccc(C)c1Cn1cc(CCC(=O)Nc2ccc(N3CCC(Nc4nnc(N)s4)CC3)nn2)nn1. The number of nitrogens with zero attached hydrogens (tertiary/aromatic N) is 8. The normalized spacial score (nSPS) is 14.0. The predicted octanol–water partition coefficient (Wildman–Crippen LogP) is 2.82. The second kappa shape index (κ2) is 11.5. The van der Waals surface area contributed by atoms with Crippen molar-refractivity contribution in [2.45, 2.75) is 52.1 Å². The zero-order chi connectivity index (χ0) is 26.5. The van der Waals surface area contributed by atoms with Crippen molar-refractivity contribution in [1.29, 1.82) is 0 Å². The fourth-order valence-electron chi connectivity index (χ4n) is 4.52. The molecule has 1 aliphatic heterocycles. The zero-order valence-corrected chi connectivity index (χ0v) is 22.3. The molecule has 1 aliphatic rings. The van der Waals surface area contributed by atoms with Gasteiger partial charge in [-0.25, -0.2) is 4.68 Å². The summed E-state index contributed by atoms with van der Waals surface area (Å²) in [6.45, 7) is 6.54. The van der Waals surface area contributed by atoms with Gasteiger partial charge in [0, 0.05) is 38.2 Å². The molecule has 1 aromatic carbocycles. The number of piperidine rings is 1. The summed E-state index contributed by atoms with van der Waals surface area (Å²) in [5.74, 6) is 1.09. The quantitative estimate of drug-likeness (QED) is 0.293. The van der Waals surface area contributed by atoms with Gasteiger partial charge in [0.25, 0.3) is 0 Å². The molecular formula is C25H31N11OS. The van der Waals surface area contributed by atoms with Gasteiger partial charge in [-0.15, -0.1) is 25.5 Å². The molecular weight excluding hydrogens is 502 g/mol. The lowest BCUT2D eigenvalue weighted by Gasteiger charge is -2.32. The van der Waals surface area contributed by atoms with E-state index < -0.39 is 0 Å². The highest BCUT2D eigenvalue weighted by Gasteiger charge is 2.21. The zero-order valence-electron chi connectivity index (χ0n) is 21.5. The Morgan fingerprint density at radius 3 is 2.53 bits per heavy atom. The fourth-order valence-corrected chi connectivity index (χ4v) is 5.11. The van der Waals surface area contributed by atoms with Crippen molar-refractivity contribution in [3.05, 3.63) is 58.9 Å². The standard InChI is InChI=1S/C25H31N11OS/c1-16-4-3-5-17(2)20(16)15-36-14-19(29-34-36)6-9-23(37)28-21-7-8-22(31-30-21)35-12-10-18(11-13-35)27-25-33-32-24(26)38-25/h3-5,7-8,14,18H,6,9-13,15H2,1-2H3,(H2,26,32)(H,27,33)(H,28,30,37). The number of hydrogen-bond acceptors (Lipinski definition) is 11. The summed E-state index contributed by atoms with van der Waals surface area (Å²) in [7, 11) is 0.